The molecule has 0 radical (unpaired) electrons. The van der Waals surface area contributed by atoms with Gasteiger partial charge in [0.05, 0.1) is 11.7 Å². The Morgan fingerprint density at radius 2 is 1.80 bits per heavy atom. The number of nitrogens with two attached hydrogens (primary N) is 1. The molecule has 0 atom stereocenters. The molecule has 12 nitrogen and oxygen atoms in total. The lowest BCUT2D eigenvalue weighted by Gasteiger charge is -2.52. The maximum absolute atomic E-state index is 14.5. The van der Waals surface area contributed by atoms with Crippen molar-refractivity contribution < 1.29 is 23.2 Å². The normalized spacial score (nSPS) is 22.1. The van der Waals surface area contributed by atoms with Crippen molar-refractivity contribution >= 4 is 34.5 Å². The van der Waals surface area contributed by atoms with Crippen LogP contribution in [0.4, 0.5) is 4.39 Å². The Hall–Kier alpha value is -4.55. The topological polar surface area (TPSA) is 167 Å². The summed E-state index contributed by atoms with van der Waals surface area (Å²) in [7, 11) is 1.58. The number of aryl methyl sites for hydroxylation is 1. The molecule has 4 aromatic rings. The van der Waals surface area contributed by atoms with Crippen LogP contribution in [0.2, 0.25) is 0 Å². The van der Waals surface area contributed by atoms with Gasteiger partial charge in [-0.05, 0) is 61.6 Å². The average molecular weight is 550 g/mol. The van der Waals surface area contributed by atoms with Crippen LogP contribution in [0.3, 0.4) is 0 Å². The number of benzene rings is 1. The molecule has 0 unspecified atom stereocenters. The molecule has 3 saturated carbocycles. The highest BCUT2D eigenvalue weighted by atomic mass is 19.1. The molecule has 1 aromatic carbocycles. The first-order valence-corrected chi connectivity index (χ1v) is 13.1. The van der Waals surface area contributed by atoms with E-state index in [4.69, 9.17) is 10.2 Å². The minimum Gasteiger partial charge on any atom is -0.408 e. The third-order valence-corrected chi connectivity index (χ3v) is 8.75. The summed E-state index contributed by atoms with van der Waals surface area (Å²) in [6.45, 7) is 0.481. The highest BCUT2D eigenvalue weighted by Crippen LogP contribution is 2.56. The zero-order valence-electron chi connectivity index (χ0n) is 21.8. The zero-order valence-corrected chi connectivity index (χ0v) is 21.8. The van der Waals surface area contributed by atoms with Crippen molar-refractivity contribution in [3.8, 4) is 0 Å². The SMILES string of the molecule is Cn1c(=O)oc2ccc(CNC(=O)c3cc(C(=O)NCC45CCC(C(N)=O)(CC4)CC5)n4ncc(F)c4n3)cc21. The fraction of sp³-hybridized carbons (Fsp3) is 0.407. The maximum atomic E-state index is 14.5. The lowest BCUT2D eigenvalue weighted by atomic mass is 9.53. The summed E-state index contributed by atoms with van der Waals surface area (Å²) >= 11 is 0. The van der Waals surface area contributed by atoms with Gasteiger partial charge in [0.2, 0.25) is 5.91 Å². The fourth-order valence-electron chi connectivity index (χ4n) is 6.03. The summed E-state index contributed by atoms with van der Waals surface area (Å²) in [5, 5.41) is 9.61. The average Bonchev–Trinajstić information content (AvgIpc) is 3.48. The Morgan fingerprint density at radius 3 is 2.50 bits per heavy atom. The number of halogens is 1. The number of oxazole rings is 1. The van der Waals surface area contributed by atoms with E-state index in [-0.39, 0.29) is 34.9 Å². The molecule has 4 N–H and O–H groups in total. The third kappa shape index (κ3) is 4.21. The molecule has 7 rings (SSSR count). The molecule has 13 heteroatoms. The van der Waals surface area contributed by atoms with Crippen LogP contribution in [0.5, 0.6) is 0 Å². The molecule has 3 fully saturated rings. The molecule has 0 spiro atoms. The molecular formula is C27H28FN7O5. The Kier molecular flexibility index (Phi) is 5.97. The number of carbonyl (C=O) groups is 3. The van der Waals surface area contributed by atoms with Gasteiger partial charge in [-0.1, -0.05) is 6.07 Å². The largest absolute Gasteiger partial charge is 0.419 e. The summed E-state index contributed by atoms with van der Waals surface area (Å²) in [5.41, 5.74) is 6.38. The molecule has 2 bridgehead atoms. The molecule has 3 aliphatic rings. The van der Waals surface area contributed by atoms with Crippen molar-refractivity contribution in [2.75, 3.05) is 6.54 Å². The van der Waals surface area contributed by atoms with E-state index in [9.17, 15) is 23.6 Å². The highest BCUT2D eigenvalue weighted by Gasteiger charge is 2.51. The number of primary amides is 1. The summed E-state index contributed by atoms with van der Waals surface area (Å²) in [4.78, 5) is 54.1. The van der Waals surface area contributed by atoms with Crippen molar-refractivity contribution in [3.63, 3.8) is 0 Å². The van der Waals surface area contributed by atoms with Crippen LogP contribution in [0, 0.1) is 16.6 Å². The van der Waals surface area contributed by atoms with E-state index in [1.807, 2.05) is 0 Å². The number of carbonyl (C=O) groups excluding carboxylic acids is 3. The number of rotatable bonds is 7. The van der Waals surface area contributed by atoms with Crippen molar-refractivity contribution in [3.05, 3.63) is 63.8 Å². The summed E-state index contributed by atoms with van der Waals surface area (Å²) < 4.78 is 22.0. The predicted molar refractivity (Wildman–Crippen MR) is 140 cm³/mol. The Morgan fingerprint density at radius 1 is 1.07 bits per heavy atom. The van der Waals surface area contributed by atoms with Crippen molar-refractivity contribution in [1.29, 1.82) is 0 Å². The van der Waals surface area contributed by atoms with Gasteiger partial charge in [0.25, 0.3) is 11.8 Å². The Labute approximate surface area is 226 Å². The summed E-state index contributed by atoms with van der Waals surface area (Å²) in [6, 6.07) is 6.35. The fourth-order valence-corrected chi connectivity index (χ4v) is 6.03. The first-order chi connectivity index (χ1) is 19.1. The van der Waals surface area contributed by atoms with Gasteiger partial charge < -0.3 is 20.8 Å². The van der Waals surface area contributed by atoms with Crippen molar-refractivity contribution in [2.45, 2.75) is 45.1 Å². The quantitative estimate of drug-likeness (QED) is 0.316. The molecule has 208 valence electrons. The molecule has 3 aliphatic carbocycles. The second-order valence-corrected chi connectivity index (χ2v) is 11.0. The second-order valence-electron chi connectivity index (χ2n) is 11.0. The van der Waals surface area contributed by atoms with E-state index in [1.54, 1.807) is 25.2 Å². The zero-order chi connectivity index (χ0) is 28.2. The maximum Gasteiger partial charge on any atom is 0.419 e. The van der Waals surface area contributed by atoms with Crippen LogP contribution < -0.4 is 22.1 Å². The molecule has 0 saturated heterocycles. The monoisotopic (exact) mass is 549 g/mol. The number of hydrogen-bond donors (Lipinski definition) is 3. The molecular weight excluding hydrogens is 521 g/mol. The summed E-state index contributed by atoms with van der Waals surface area (Å²) in [5.74, 6) is -2.63. The van der Waals surface area contributed by atoms with Gasteiger partial charge in [0.1, 0.15) is 11.4 Å². The summed E-state index contributed by atoms with van der Waals surface area (Å²) in [6.07, 6.45) is 5.40. The Bertz CT molecular complexity index is 1730. The van der Waals surface area contributed by atoms with Gasteiger partial charge >= 0.3 is 5.76 Å². The van der Waals surface area contributed by atoms with E-state index < -0.39 is 28.8 Å². The second kappa shape index (κ2) is 9.28. The molecule has 3 aromatic heterocycles. The number of nitrogens with zero attached hydrogens (tertiary/aromatic N) is 4. The van der Waals surface area contributed by atoms with E-state index in [0.717, 1.165) is 30.0 Å². The Balaban J connectivity index is 1.19. The third-order valence-electron chi connectivity index (χ3n) is 8.75. The van der Waals surface area contributed by atoms with Gasteiger partial charge in [0.15, 0.2) is 17.0 Å². The first kappa shape index (κ1) is 25.7. The van der Waals surface area contributed by atoms with Crippen LogP contribution >= 0.6 is 0 Å². The van der Waals surface area contributed by atoms with Crippen LogP contribution in [0.25, 0.3) is 16.7 Å². The van der Waals surface area contributed by atoms with Crippen LogP contribution in [0.1, 0.15) is 65.1 Å². The van der Waals surface area contributed by atoms with Crippen molar-refractivity contribution in [2.24, 2.45) is 23.6 Å². The minimum absolute atomic E-state index is 0.0247. The molecule has 0 aliphatic heterocycles. The van der Waals surface area contributed by atoms with E-state index in [0.29, 0.717) is 42.5 Å². The van der Waals surface area contributed by atoms with Crippen LogP contribution in [-0.2, 0) is 18.4 Å². The van der Waals surface area contributed by atoms with E-state index in [1.165, 1.54) is 10.6 Å². The first-order valence-electron chi connectivity index (χ1n) is 13.1. The number of aromatic nitrogens is 4. The van der Waals surface area contributed by atoms with E-state index >= 15 is 0 Å². The molecule has 40 heavy (non-hydrogen) atoms. The minimum atomic E-state index is -0.768. The van der Waals surface area contributed by atoms with Crippen LogP contribution in [-0.4, -0.2) is 43.4 Å². The van der Waals surface area contributed by atoms with E-state index in [2.05, 4.69) is 20.7 Å². The number of amides is 3. The predicted octanol–water partition coefficient (Wildman–Crippen LogP) is 1.80. The standard InChI is InChI=1S/C27H28FN7O5/c1-34-18-10-15(2-3-20(18)40-25(34)39)12-30-22(36)17-11-19(35-21(33-17)16(28)13-32-35)23(37)31-14-26-4-7-27(8-5-26,9-6-26)24(29)38/h2-3,10-11,13H,4-9,12,14H2,1H3,(H2,29,38)(H,30,36)(H,31,37). The smallest absolute Gasteiger partial charge is 0.408 e. The van der Waals surface area contributed by atoms with Crippen molar-refractivity contribution in [1.82, 2.24) is 29.8 Å². The number of nitrogens with one attached hydrogen (secondary N) is 2. The van der Waals surface area contributed by atoms with Gasteiger partial charge in [-0.15, -0.1) is 0 Å². The van der Waals surface area contributed by atoms with Gasteiger partial charge in [-0.25, -0.2) is 18.7 Å². The molecule has 3 amide bonds. The number of fused-ring (bicyclic) bond motifs is 5. The lowest BCUT2D eigenvalue weighted by Crippen LogP contribution is -2.52. The van der Waals surface area contributed by atoms with Gasteiger partial charge in [-0.2, -0.15) is 5.10 Å². The molecule has 3 heterocycles. The lowest BCUT2D eigenvalue weighted by molar-refractivity contribution is -0.136. The van der Waals surface area contributed by atoms with Gasteiger partial charge in [0, 0.05) is 31.6 Å². The highest BCUT2D eigenvalue weighted by molar-refractivity contribution is 5.98. The van der Waals surface area contributed by atoms with Gasteiger partial charge in [-0.3, -0.25) is 19.0 Å². The van der Waals surface area contributed by atoms with Crippen LogP contribution in [0.15, 0.2) is 39.7 Å². The number of hydrogen-bond acceptors (Lipinski definition) is 7.